The number of rotatable bonds is 5. The van der Waals surface area contributed by atoms with E-state index in [1.807, 2.05) is 6.92 Å². The number of carboxylic acid groups (broad SMARTS) is 1. The van der Waals surface area contributed by atoms with Crippen LogP contribution in [0.1, 0.15) is 56.7 Å². The number of aryl methyl sites for hydroxylation is 2. The Morgan fingerprint density at radius 2 is 2.11 bits per heavy atom. The molecule has 0 amide bonds. The second-order valence-electron chi connectivity index (χ2n) is 5.24. The van der Waals surface area contributed by atoms with Crippen LogP contribution < -0.4 is 0 Å². The lowest BCUT2D eigenvalue weighted by atomic mass is 10.0. The van der Waals surface area contributed by atoms with Gasteiger partial charge in [0.2, 0.25) is 0 Å². The van der Waals surface area contributed by atoms with Crippen LogP contribution in [0, 0.1) is 12.8 Å². The summed E-state index contributed by atoms with van der Waals surface area (Å²) in [5.41, 5.74) is 0. The topological polar surface area (TPSA) is 68.0 Å². The molecule has 1 heterocycles. The minimum Gasteiger partial charge on any atom is -0.480 e. The van der Waals surface area contributed by atoms with Gasteiger partial charge in [0.15, 0.2) is 0 Å². The van der Waals surface area contributed by atoms with Crippen molar-refractivity contribution in [3.8, 4) is 0 Å². The molecule has 5 heteroatoms. The average Bonchev–Trinajstić information content (AvgIpc) is 2.95. The van der Waals surface area contributed by atoms with Gasteiger partial charge in [-0.1, -0.05) is 25.7 Å². The van der Waals surface area contributed by atoms with Crippen molar-refractivity contribution >= 4 is 5.97 Å². The Balaban J connectivity index is 2.05. The quantitative estimate of drug-likeness (QED) is 0.872. The molecular formula is C13H21N3O2. The van der Waals surface area contributed by atoms with Gasteiger partial charge in [0, 0.05) is 6.42 Å². The van der Waals surface area contributed by atoms with E-state index in [0.717, 1.165) is 24.6 Å². The standard InChI is InChI=1S/C13H21N3O2/c1-9(13(17)18)16-10(2)14-15-12(16)8-7-11-5-3-4-6-11/h9,11H,3-8H2,1-2H3,(H,17,18). The van der Waals surface area contributed by atoms with Crippen LogP contribution in [0.15, 0.2) is 0 Å². The molecule has 0 aliphatic heterocycles. The van der Waals surface area contributed by atoms with Gasteiger partial charge in [-0.25, -0.2) is 4.79 Å². The molecule has 0 aromatic carbocycles. The number of carboxylic acids is 1. The maximum absolute atomic E-state index is 11.1. The lowest BCUT2D eigenvalue weighted by Gasteiger charge is -2.14. The summed E-state index contributed by atoms with van der Waals surface area (Å²) in [4.78, 5) is 11.1. The third kappa shape index (κ3) is 2.71. The first-order valence-electron chi connectivity index (χ1n) is 6.72. The second kappa shape index (κ2) is 5.50. The SMILES string of the molecule is Cc1nnc(CCC2CCCC2)n1C(C)C(=O)O. The van der Waals surface area contributed by atoms with Gasteiger partial charge in [-0.2, -0.15) is 0 Å². The van der Waals surface area contributed by atoms with Crippen molar-refractivity contribution in [2.45, 2.75) is 58.4 Å². The van der Waals surface area contributed by atoms with Gasteiger partial charge in [0.25, 0.3) is 0 Å². The fraction of sp³-hybridized carbons (Fsp3) is 0.769. The molecule has 1 aromatic rings. The number of aliphatic carboxylic acids is 1. The normalized spacial score (nSPS) is 18.1. The smallest absolute Gasteiger partial charge is 0.326 e. The first-order valence-corrected chi connectivity index (χ1v) is 6.72. The van der Waals surface area contributed by atoms with Crippen LogP contribution in [0.25, 0.3) is 0 Å². The van der Waals surface area contributed by atoms with Gasteiger partial charge in [0.05, 0.1) is 0 Å². The van der Waals surface area contributed by atoms with Gasteiger partial charge in [-0.05, 0) is 26.2 Å². The van der Waals surface area contributed by atoms with Crippen LogP contribution in [0.3, 0.4) is 0 Å². The Morgan fingerprint density at radius 1 is 1.44 bits per heavy atom. The van der Waals surface area contributed by atoms with E-state index >= 15 is 0 Å². The highest BCUT2D eigenvalue weighted by Gasteiger charge is 2.22. The zero-order chi connectivity index (χ0) is 13.1. The number of nitrogens with zero attached hydrogens (tertiary/aromatic N) is 3. The highest BCUT2D eigenvalue weighted by Crippen LogP contribution is 2.28. The summed E-state index contributed by atoms with van der Waals surface area (Å²) in [6.07, 6.45) is 7.22. The van der Waals surface area contributed by atoms with Gasteiger partial charge in [0.1, 0.15) is 17.7 Å². The molecule has 0 radical (unpaired) electrons. The van der Waals surface area contributed by atoms with E-state index in [0.29, 0.717) is 5.82 Å². The molecule has 5 nitrogen and oxygen atoms in total. The molecule has 100 valence electrons. The molecule has 0 saturated heterocycles. The summed E-state index contributed by atoms with van der Waals surface area (Å²) in [5, 5.41) is 17.3. The fourth-order valence-electron chi connectivity index (χ4n) is 2.83. The monoisotopic (exact) mass is 251 g/mol. The molecular weight excluding hydrogens is 230 g/mol. The molecule has 1 saturated carbocycles. The Morgan fingerprint density at radius 3 is 2.72 bits per heavy atom. The lowest BCUT2D eigenvalue weighted by Crippen LogP contribution is -2.19. The lowest BCUT2D eigenvalue weighted by molar-refractivity contribution is -0.140. The molecule has 1 N–H and O–H groups in total. The van der Waals surface area contributed by atoms with E-state index < -0.39 is 12.0 Å². The number of carbonyl (C=O) groups is 1. The molecule has 1 atom stereocenters. The molecule has 0 bridgehead atoms. The highest BCUT2D eigenvalue weighted by atomic mass is 16.4. The third-order valence-corrected chi connectivity index (χ3v) is 3.93. The third-order valence-electron chi connectivity index (χ3n) is 3.93. The van der Waals surface area contributed by atoms with Crippen LogP contribution in [0.2, 0.25) is 0 Å². The Hall–Kier alpha value is -1.39. The summed E-state index contributed by atoms with van der Waals surface area (Å²) in [6, 6.07) is -0.585. The van der Waals surface area contributed by atoms with Crippen molar-refractivity contribution in [1.82, 2.24) is 14.8 Å². The predicted molar refractivity (Wildman–Crippen MR) is 67.4 cm³/mol. The number of aromatic nitrogens is 3. The highest BCUT2D eigenvalue weighted by molar-refractivity contribution is 5.71. The maximum atomic E-state index is 11.1. The maximum Gasteiger partial charge on any atom is 0.326 e. The van der Waals surface area contributed by atoms with Crippen LogP contribution in [-0.4, -0.2) is 25.8 Å². The first kappa shape index (κ1) is 13.1. The van der Waals surface area contributed by atoms with Crippen molar-refractivity contribution in [1.29, 1.82) is 0 Å². The van der Waals surface area contributed by atoms with E-state index in [4.69, 9.17) is 5.11 Å². The summed E-state index contributed by atoms with van der Waals surface area (Å²) in [7, 11) is 0. The van der Waals surface area contributed by atoms with Crippen LogP contribution in [0.5, 0.6) is 0 Å². The molecule has 0 spiro atoms. The molecule has 1 aromatic heterocycles. The van der Waals surface area contributed by atoms with Crippen molar-refractivity contribution < 1.29 is 9.90 Å². The molecule has 2 rings (SSSR count). The summed E-state index contributed by atoms with van der Waals surface area (Å²) >= 11 is 0. The summed E-state index contributed by atoms with van der Waals surface area (Å²) in [5.74, 6) is 1.45. The number of hydrogen-bond acceptors (Lipinski definition) is 3. The Bertz CT molecular complexity index is 422. The molecule has 1 aliphatic rings. The predicted octanol–water partition coefficient (Wildman–Crippen LogP) is 2.35. The van der Waals surface area contributed by atoms with Crippen molar-refractivity contribution in [2.24, 2.45) is 5.92 Å². The van der Waals surface area contributed by atoms with Gasteiger partial charge in [-0.3, -0.25) is 0 Å². The van der Waals surface area contributed by atoms with E-state index in [1.54, 1.807) is 11.5 Å². The van der Waals surface area contributed by atoms with Gasteiger partial charge in [-0.15, -0.1) is 10.2 Å². The average molecular weight is 251 g/mol. The Kier molecular flexibility index (Phi) is 3.99. The summed E-state index contributed by atoms with van der Waals surface area (Å²) in [6.45, 7) is 3.49. The number of hydrogen-bond donors (Lipinski definition) is 1. The molecule has 1 aliphatic carbocycles. The van der Waals surface area contributed by atoms with Crippen molar-refractivity contribution in [2.75, 3.05) is 0 Å². The van der Waals surface area contributed by atoms with E-state index in [2.05, 4.69) is 10.2 Å². The molecule has 18 heavy (non-hydrogen) atoms. The van der Waals surface area contributed by atoms with E-state index in [1.165, 1.54) is 25.7 Å². The van der Waals surface area contributed by atoms with Gasteiger partial charge < -0.3 is 9.67 Å². The first-order chi connectivity index (χ1) is 8.59. The Labute approximate surface area is 107 Å². The van der Waals surface area contributed by atoms with Gasteiger partial charge >= 0.3 is 5.97 Å². The van der Waals surface area contributed by atoms with Crippen molar-refractivity contribution in [3.63, 3.8) is 0 Å². The van der Waals surface area contributed by atoms with Crippen molar-refractivity contribution in [3.05, 3.63) is 11.6 Å². The van der Waals surface area contributed by atoms with Crippen LogP contribution >= 0.6 is 0 Å². The second-order valence-corrected chi connectivity index (χ2v) is 5.24. The molecule has 1 fully saturated rings. The van der Waals surface area contributed by atoms with E-state index in [-0.39, 0.29) is 0 Å². The minimum atomic E-state index is -0.833. The van der Waals surface area contributed by atoms with E-state index in [9.17, 15) is 4.79 Å². The fourth-order valence-corrected chi connectivity index (χ4v) is 2.83. The molecule has 1 unspecified atom stereocenters. The summed E-state index contributed by atoms with van der Waals surface area (Å²) < 4.78 is 1.75. The zero-order valence-electron chi connectivity index (χ0n) is 11.1. The largest absolute Gasteiger partial charge is 0.480 e. The van der Waals surface area contributed by atoms with Crippen LogP contribution in [0.4, 0.5) is 0 Å². The minimum absolute atomic E-state index is 0.585. The van der Waals surface area contributed by atoms with Crippen LogP contribution in [-0.2, 0) is 11.2 Å². The zero-order valence-corrected chi connectivity index (χ0v) is 11.1.